The number of halogens is 1. The molecule has 10 nitrogen and oxygen atoms in total. The minimum atomic E-state index is -0.964. The number of aliphatic hydroxyl groups is 1. The van der Waals surface area contributed by atoms with E-state index in [-0.39, 0.29) is 49.1 Å². The number of nitrogens with zero attached hydrogens (tertiary/aromatic N) is 4. The Morgan fingerprint density at radius 1 is 1.13 bits per heavy atom. The van der Waals surface area contributed by atoms with Gasteiger partial charge in [0.1, 0.15) is 23.6 Å². The van der Waals surface area contributed by atoms with E-state index in [1.54, 1.807) is 61.8 Å². The van der Waals surface area contributed by atoms with Crippen molar-refractivity contribution in [1.82, 2.24) is 24.8 Å². The molecule has 11 heteroatoms. The Hall–Kier alpha value is -4.28. The van der Waals surface area contributed by atoms with Crippen molar-refractivity contribution in [3.63, 3.8) is 0 Å². The number of nitrogens with one attached hydrogen (secondary N) is 1. The van der Waals surface area contributed by atoms with Crippen molar-refractivity contribution in [1.29, 1.82) is 0 Å². The van der Waals surface area contributed by atoms with Crippen molar-refractivity contribution in [2.24, 2.45) is 0 Å². The molecule has 3 aromatic heterocycles. The zero-order valence-corrected chi connectivity index (χ0v) is 21.3. The maximum atomic E-state index is 13.5. The van der Waals surface area contributed by atoms with Crippen LogP contribution in [0, 0.1) is 0 Å². The fraction of sp³-hybridized carbons (Fsp3) is 0.222. The predicted octanol–water partition coefficient (Wildman–Crippen LogP) is 2.22. The lowest BCUT2D eigenvalue weighted by atomic mass is 9.97. The Morgan fingerprint density at radius 3 is 2.47 bits per heavy atom. The quantitative estimate of drug-likeness (QED) is 0.345. The van der Waals surface area contributed by atoms with E-state index in [0.717, 1.165) is 15.7 Å². The van der Waals surface area contributed by atoms with Gasteiger partial charge in [-0.2, -0.15) is 0 Å². The summed E-state index contributed by atoms with van der Waals surface area (Å²) in [6.07, 6.45) is 3.24. The molecule has 1 aliphatic heterocycles. The molecule has 194 valence electrons. The second-order valence-corrected chi connectivity index (χ2v) is 10.0. The molecule has 4 aromatic rings. The number of hydrogen-bond acceptors (Lipinski definition) is 7. The second-order valence-electron chi connectivity index (χ2n) is 9.58. The fourth-order valence-electron chi connectivity index (χ4n) is 4.45. The number of nitrogen functional groups attached to an aromatic ring is 1. The summed E-state index contributed by atoms with van der Waals surface area (Å²) in [6, 6.07) is 13.7. The van der Waals surface area contributed by atoms with Gasteiger partial charge in [-0.25, -0.2) is 4.98 Å². The summed E-state index contributed by atoms with van der Waals surface area (Å²) in [6.45, 7) is 1.76. The largest absolute Gasteiger partial charge is 0.386 e. The van der Waals surface area contributed by atoms with Crippen molar-refractivity contribution >= 4 is 40.3 Å². The van der Waals surface area contributed by atoms with Crippen LogP contribution in [0.25, 0.3) is 22.2 Å². The van der Waals surface area contributed by atoms with Crippen molar-refractivity contribution in [2.45, 2.75) is 25.6 Å². The lowest BCUT2D eigenvalue weighted by Crippen LogP contribution is -2.62. The molecule has 0 unspecified atom stereocenters. The van der Waals surface area contributed by atoms with Gasteiger partial charge >= 0.3 is 0 Å². The van der Waals surface area contributed by atoms with Gasteiger partial charge in [0.2, 0.25) is 5.91 Å². The molecule has 0 atom stereocenters. The molecule has 0 bridgehead atoms. The monoisotopic (exact) mass is 532 g/mol. The third-order valence-electron chi connectivity index (χ3n) is 6.40. The highest BCUT2D eigenvalue weighted by Crippen LogP contribution is 2.28. The van der Waals surface area contributed by atoms with Gasteiger partial charge in [0.25, 0.3) is 11.5 Å². The van der Waals surface area contributed by atoms with Gasteiger partial charge in [-0.15, -0.1) is 0 Å². The number of amides is 2. The van der Waals surface area contributed by atoms with E-state index in [1.165, 1.54) is 11.0 Å². The number of hydrogen-bond donors (Lipinski definition) is 3. The topological polar surface area (TPSA) is 143 Å². The van der Waals surface area contributed by atoms with E-state index < -0.39 is 17.1 Å². The number of carbonyl (C=O) groups excluding carboxylic acids is 2. The van der Waals surface area contributed by atoms with E-state index >= 15 is 0 Å². The molecule has 38 heavy (non-hydrogen) atoms. The number of likely N-dealkylation sites (tertiary alicyclic amines) is 1. The van der Waals surface area contributed by atoms with Crippen LogP contribution in [0.4, 0.5) is 5.82 Å². The average Bonchev–Trinajstić information content (AvgIpc) is 2.88. The lowest BCUT2D eigenvalue weighted by Gasteiger charge is -2.44. The molecular weight excluding hydrogens is 508 g/mol. The normalized spacial score (nSPS) is 14.2. The van der Waals surface area contributed by atoms with Gasteiger partial charge in [-0.3, -0.25) is 23.9 Å². The zero-order chi connectivity index (χ0) is 27.0. The third kappa shape index (κ3) is 5.09. The van der Waals surface area contributed by atoms with Crippen LogP contribution in [0.3, 0.4) is 0 Å². The number of anilines is 1. The molecule has 1 fully saturated rings. The van der Waals surface area contributed by atoms with E-state index in [4.69, 9.17) is 17.3 Å². The Balaban J connectivity index is 1.55. The Bertz CT molecular complexity index is 1590. The molecule has 4 N–H and O–H groups in total. The second kappa shape index (κ2) is 9.88. The van der Waals surface area contributed by atoms with E-state index in [9.17, 15) is 19.5 Å². The Morgan fingerprint density at radius 2 is 1.82 bits per heavy atom. The molecule has 0 spiro atoms. The first-order valence-electron chi connectivity index (χ1n) is 11.9. The molecule has 0 radical (unpaired) electrons. The number of carbonyl (C=O) groups is 2. The standard InChI is InChI=1S/C27H25ClN6O4/c1-27(38)14-33(15-27)22(35)13-34-24-18(10-20(23(29)32-24)17-6-8-30-9-7-17)11-21(26(34)37)25(36)31-12-16-2-4-19(28)5-3-16/h2-11,38H,12-15H2,1H3,(H2,29,32)(H,31,36). The van der Waals surface area contributed by atoms with Crippen molar-refractivity contribution in [3.8, 4) is 11.1 Å². The number of nitrogens with two attached hydrogens (primary N) is 1. The molecular formula is C27H25ClN6O4. The van der Waals surface area contributed by atoms with Crippen LogP contribution in [0.1, 0.15) is 22.8 Å². The van der Waals surface area contributed by atoms with Gasteiger partial charge in [0, 0.05) is 34.9 Å². The van der Waals surface area contributed by atoms with Gasteiger partial charge < -0.3 is 21.1 Å². The first kappa shape index (κ1) is 25.4. The van der Waals surface area contributed by atoms with Crippen molar-refractivity contribution in [2.75, 3.05) is 18.8 Å². The van der Waals surface area contributed by atoms with Crippen LogP contribution in [0.2, 0.25) is 5.02 Å². The number of aromatic nitrogens is 3. The Labute approximate surface area is 222 Å². The minimum Gasteiger partial charge on any atom is -0.386 e. The van der Waals surface area contributed by atoms with Crippen LogP contribution >= 0.6 is 11.6 Å². The summed E-state index contributed by atoms with van der Waals surface area (Å²) in [7, 11) is 0. The number of β-amino-alcohol motifs (C(OH)–C–C–N with tert-alkyl or cyclic N) is 1. The fourth-order valence-corrected chi connectivity index (χ4v) is 4.58. The van der Waals surface area contributed by atoms with Crippen molar-refractivity contribution < 1.29 is 14.7 Å². The van der Waals surface area contributed by atoms with Crippen molar-refractivity contribution in [3.05, 3.63) is 87.4 Å². The minimum absolute atomic E-state index is 0.137. The van der Waals surface area contributed by atoms with Gasteiger partial charge in [-0.05, 0) is 54.4 Å². The predicted molar refractivity (Wildman–Crippen MR) is 143 cm³/mol. The van der Waals surface area contributed by atoms with E-state index in [1.807, 2.05) is 0 Å². The van der Waals surface area contributed by atoms with Crippen LogP contribution in [-0.2, 0) is 17.9 Å². The highest BCUT2D eigenvalue weighted by Gasteiger charge is 2.39. The van der Waals surface area contributed by atoms with Gasteiger partial charge in [0.15, 0.2) is 0 Å². The molecule has 0 saturated carbocycles. The highest BCUT2D eigenvalue weighted by molar-refractivity contribution is 6.30. The zero-order valence-electron chi connectivity index (χ0n) is 20.5. The molecule has 4 heterocycles. The smallest absolute Gasteiger partial charge is 0.265 e. The summed E-state index contributed by atoms with van der Waals surface area (Å²) < 4.78 is 1.16. The molecule has 1 aromatic carbocycles. The highest BCUT2D eigenvalue weighted by atomic mass is 35.5. The SMILES string of the molecule is CC1(O)CN(C(=O)Cn2c(=O)c(C(=O)NCc3ccc(Cl)cc3)cc3cc(-c4ccncc4)c(N)nc32)C1. The molecule has 0 aliphatic carbocycles. The van der Waals surface area contributed by atoms with Crippen LogP contribution in [0.15, 0.2) is 65.7 Å². The maximum absolute atomic E-state index is 13.5. The number of pyridine rings is 3. The number of benzene rings is 1. The summed E-state index contributed by atoms with van der Waals surface area (Å²) in [5.74, 6) is -0.810. The van der Waals surface area contributed by atoms with E-state index in [0.29, 0.717) is 16.0 Å². The van der Waals surface area contributed by atoms with Crippen LogP contribution in [-0.4, -0.2) is 55.0 Å². The lowest BCUT2D eigenvalue weighted by molar-refractivity contribution is -0.152. The van der Waals surface area contributed by atoms with Crippen LogP contribution < -0.4 is 16.6 Å². The summed E-state index contributed by atoms with van der Waals surface area (Å²) in [5, 5.41) is 13.8. The average molecular weight is 533 g/mol. The summed E-state index contributed by atoms with van der Waals surface area (Å²) in [4.78, 5) is 49.5. The summed E-state index contributed by atoms with van der Waals surface area (Å²) >= 11 is 5.93. The van der Waals surface area contributed by atoms with E-state index in [2.05, 4.69) is 15.3 Å². The molecule has 2 amide bonds. The first-order valence-corrected chi connectivity index (χ1v) is 12.3. The number of fused-ring (bicyclic) bond motifs is 1. The third-order valence-corrected chi connectivity index (χ3v) is 6.65. The van der Waals surface area contributed by atoms with Gasteiger partial charge in [0.05, 0.1) is 18.7 Å². The Kier molecular flexibility index (Phi) is 6.60. The molecule has 5 rings (SSSR count). The van der Waals surface area contributed by atoms with Crippen LogP contribution in [0.5, 0.6) is 0 Å². The van der Waals surface area contributed by atoms with Gasteiger partial charge in [-0.1, -0.05) is 23.7 Å². The molecule has 1 aliphatic rings. The number of rotatable bonds is 6. The first-order chi connectivity index (χ1) is 18.1. The summed E-state index contributed by atoms with van der Waals surface area (Å²) in [5.41, 5.74) is 6.83. The molecule has 1 saturated heterocycles. The maximum Gasteiger partial charge on any atom is 0.265 e.